The molecule has 9 heteroatoms. The van der Waals surface area contributed by atoms with Crippen LogP contribution in [0.3, 0.4) is 0 Å². The van der Waals surface area contributed by atoms with Crippen molar-refractivity contribution in [2.45, 2.75) is 24.9 Å². The number of aliphatic hydroxyl groups is 1. The second-order valence-electron chi connectivity index (χ2n) is 8.01. The Bertz CT molecular complexity index is 1240. The van der Waals surface area contributed by atoms with Crippen molar-refractivity contribution in [2.75, 3.05) is 13.1 Å². The van der Waals surface area contributed by atoms with Gasteiger partial charge in [-0.15, -0.1) is 11.3 Å². The Balaban J connectivity index is 1.26. The molecule has 35 heavy (non-hydrogen) atoms. The van der Waals surface area contributed by atoms with E-state index in [4.69, 9.17) is 0 Å². The third-order valence-corrected chi connectivity index (χ3v) is 6.64. The van der Waals surface area contributed by atoms with Crippen LogP contribution in [0.2, 0.25) is 0 Å². The number of likely N-dealkylation sites (tertiary alicyclic amines) is 1. The SMILES string of the molecule is O=C(NNC(=O)C(O)c1ccccc1)c1csc(C2CCN(C(=O)C#Cc3ccccc3)CC2)n1. The van der Waals surface area contributed by atoms with Gasteiger partial charge in [-0.05, 0) is 30.5 Å². The van der Waals surface area contributed by atoms with Gasteiger partial charge >= 0.3 is 0 Å². The minimum absolute atomic E-state index is 0.141. The lowest BCUT2D eigenvalue weighted by molar-refractivity contribution is -0.130. The topological polar surface area (TPSA) is 112 Å². The first-order valence-corrected chi connectivity index (χ1v) is 12.0. The molecule has 1 fully saturated rings. The molecule has 4 rings (SSSR count). The van der Waals surface area contributed by atoms with Crippen molar-refractivity contribution in [3.05, 3.63) is 87.9 Å². The minimum Gasteiger partial charge on any atom is -0.378 e. The molecule has 2 aromatic carbocycles. The number of nitrogens with zero attached hydrogens (tertiary/aromatic N) is 2. The predicted molar refractivity (Wildman–Crippen MR) is 131 cm³/mol. The van der Waals surface area contributed by atoms with Gasteiger partial charge in [0.2, 0.25) is 0 Å². The molecule has 3 amide bonds. The van der Waals surface area contributed by atoms with Crippen molar-refractivity contribution in [1.29, 1.82) is 0 Å². The summed E-state index contributed by atoms with van der Waals surface area (Å²) in [7, 11) is 0. The lowest BCUT2D eigenvalue weighted by Gasteiger charge is -2.29. The van der Waals surface area contributed by atoms with Crippen molar-refractivity contribution >= 4 is 29.1 Å². The first kappa shape index (κ1) is 24.1. The molecule has 178 valence electrons. The largest absolute Gasteiger partial charge is 0.378 e. The Labute approximate surface area is 207 Å². The molecule has 1 atom stereocenters. The van der Waals surface area contributed by atoms with E-state index in [-0.39, 0.29) is 17.5 Å². The van der Waals surface area contributed by atoms with E-state index in [0.29, 0.717) is 18.7 Å². The fraction of sp³-hybridized carbons (Fsp3) is 0.231. The summed E-state index contributed by atoms with van der Waals surface area (Å²) in [5.74, 6) is 4.24. The Morgan fingerprint density at radius 2 is 1.66 bits per heavy atom. The Hall–Kier alpha value is -4.00. The van der Waals surface area contributed by atoms with Gasteiger partial charge in [-0.3, -0.25) is 25.2 Å². The zero-order valence-corrected chi connectivity index (χ0v) is 19.6. The number of thiazole rings is 1. The maximum atomic E-state index is 12.4. The fourth-order valence-corrected chi connectivity index (χ4v) is 4.64. The molecule has 1 aliphatic rings. The molecule has 1 saturated heterocycles. The summed E-state index contributed by atoms with van der Waals surface area (Å²) in [4.78, 5) is 43.1. The van der Waals surface area contributed by atoms with E-state index in [0.717, 1.165) is 23.4 Å². The van der Waals surface area contributed by atoms with Gasteiger partial charge in [0.25, 0.3) is 17.7 Å². The molecule has 2 heterocycles. The highest BCUT2D eigenvalue weighted by molar-refractivity contribution is 7.09. The van der Waals surface area contributed by atoms with Gasteiger partial charge in [-0.25, -0.2) is 4.98 Å². The van der Waals surface area contributed by atoms with Crippen molar-refractivity contribution < 1.29 is 19.5 Å². The van der Waals surface area contributed by atoms with Crippen LogP contribution in [0.4, 0.5) is 0 Å². The van der Waals surface area contributed by atoms with E-state index in [1.807, 2.05) is 30.3 Å². The number of amides is 3. The first-order chi connectivity index (χ1) is 17.0. The second kappa shape index (κ2) is 11.4. The van der Waals surface area contributed by atoms with Crippen LogP contribution in [0.15, 0.2) is 66.0 Å². The highest BCUT2D eigenvalue weighted by Gasteiger charge is 2.26. The highest BCUT2D eigenvalue weighted by atomic mass is 32.1. The number of carbonyl (C=O) groups excluding carboxylic acids is 3. The molecule has 1 aliphatic heterocycles. The van der Waals surface area contributed by atoms with Crippen molar-refractivity contribution in [3.63, 3.8) is 0 Å². The van der Waals surface area contributed by atoms with Gasteiger partial charge in [-0.1, -0.05) is 54.5 Å². The Morgan fingerprint density at radius 1 is 1.00 bits per heavy atom. The third kappa shape index (κ3) is 6.32. The van der Waals surface area contributed by atoms with E-state index in [9.17, 15) is 19.5 Å². The smallest absolute Gasteiger partial charge is 0.298 e. The number of hydrogen-bond donors (Lipinski definition) is 3. The lowest BCUT2D eigenvalue weighted by Crippen LogP contribution is -2.44. The fourth-order valence-electron chi connectivity index (χ4n) is 3.67. The first-order valence-electron chi connectivity index (χ1n) is 11.2. The van der Waals surface area contributed by atoms with Gasteiger partial charge in [-0.2, -0.15) is 0 Å². The van der Waals surface area contributed by atoms with Crippen LogP contribution in [0, 0.1) is 11.8 Å². The molecule has 3 N–H and O–H groups in total. The molecule has 1 unspecified atom stereocenters. The van der Waals surface area contributed by atoms with Crippen molar-refractivity contribution in [2.24, 2.45) is 0 Å². The quantitative estimate of drug-likeness (QED) is 0.386. The molecule has 0 spiro atoms. The van der Waals surface area contributed by atoms with Gasteiger partial charge < -0.3 is 10.0 Å². The summed E-state index contributed by atoms with van der Waals surface area (Å²) in [6.45, 7) is 1.14. The molecule has 1 aromatic heterocycles. The molecular formula is C26H24N4O4S. The van der Waals surface area contributed by atoms with E-state index >= 15 is 0 Å². The molecule has 8 nitrogen and oxygen atoms in total. The number of hydrazine groups is 1. The number of carbonyl (C=O) groups is 3. The molecule has 0 radical (unpaired) electrons. The summed E-state index contributed by atoms with van der Waals surface area (Å²) in [5, 5.41) is 12.5. The second-order valence-corrected chi connectivity index (χ2v) is 8.90. The number of benzene rings is 2. The van der Waals surface area contributed by atoms with Crippen molar-refractivity contribution in [3.8, 4) is 11.8 Å². The summed E-state index contributed by atoms with van der Waals surface area (Å²) in [5.41, 5.74) is 5.93. The van der Waals surface area contributed by atoms with Crippen LogP contribution in [0.5, 0.6) is 0 Å². The number of nitrogens with one attached hydrogen (secondary N) is 2. The molecule has 0 saturated carbocycles. The Kier molecular flexibility index (Phi) is 7.88. The average molecular weight is 489 g/mol. The summed E-state index contributed by atoms with van der Waals surface area (Å²) in [6, 6.07) is 17.8. The van der Waals surface area contributed by atoms with Crippen LogP contribution in [0.25, 0.3) is 0 Å². The summed E-state index contributed by atoms with van der Waals surface area (Å²) in [6.07, 6.45) is 0.0634. The van der Waals surface area contributed by atoms with E-state index in [1.54, 1.807) is 40.6 Å². The van der Waals surface area contributed by atoms with E-state index in [1.165, 1.54) is 11.3 Å². The average Bonchev–Trinajstić information content (AvgIpc) is 3.41. The molecular weight excluding hydrogens is 464 g/mol. The van der Waals surface area contributed by atoms with E-state index < -0.39 is 17.9 Å². The molecule has 3 aromatic rings. The zero-order chi connectivity index (χ0) is 24.6. The van der Waals surface area contributed by atoms with Gasteiger partial charge in [0, 0.05) is 35.9 Å². The van der Waals surface area contributed by atoms with Gasteiger partial charge in [0.05, 0.1) is 5.01 Å². The van der Waals surface area contributed by atoms with Crippen molar-refractivity contribution in [1.82, 2.24) is 20.7 Å². The monoisotopic (exact) mass is 488 g/mol. The van der Waals surface area contributed by atoms with E-state index in [2.05, 4.69) is 27.7 Å². The number of rotatable bonds is 4. The van der Waals surface area contributed by atoms with Crippen LogP contribution in [-0.2, 0) is 9.59 Å². The highest BCUT2D eigenvalue weighted by Crippen LogP contribution is 2.30. The van der Waals surface area contributed by atoms with Gasteiger partial charge in [0.15, 0.2) is 6.10 Å². The molecule has 0 aliphatic carbocycles. The Morgan fingerprint density at radius 3 is 2.34 bits per heavy atom. The van der Waals surface area contributed by atoms with Crippen LogP contribution in [0.1, 0.15) is 51.5 Å². The lowest BCUT2D eigenvalue weighted by atomic mass is 9.97. The predicted octanol–water partition coefficient (Wildman–Crippen LogP) is 2.40. The van der Waals surface area contributed by atoms with Crippen LogP contribution in [-0.4, -0.2) is 45.8 Å². The number of aromatic nitrogens is 1. The zero-order valence-electron chi connectivity index (χ0n) is 18.8. The maximum absolute atomic E-state index is 12.4. The van der Waals surface area contributed by atoms with Crippen LogP contribution < -0.4 is 10.9 Å². The normalized spacial score (nSPS) is 14.4. The maximum Gasteiger partial charge on any atom is 0.298 e. The minimum atomic E-state index is -1.40. The standard InChI is InChI=1S/C26H24N4O4S/c31-22(12-11-18-7-3-1-4-8-18)30-15-13-20(14-16-30)26-27-21(17-35-26)24(33)28-29-25(34)23(32)19-9-5-2-6-10-19/h1-10,17,20,23,32H,13-16H2,(H,28,33)(H,29,34). The third-order valence-electron chi connectivity index (χ3n) is 5.64. The number of hydrogen-bond acceptors (Lipinski definition) is 6. The van der Waals surface area contributed by atoms with Gasteiger partial charge in [0.1, 0.15) is 5.69 Å². The van der Waals surface area contributed by atoms with Crippen LogP contribution >= 0.6 is 11.3 Å². The summed E-state index contributed by atoms with van der Waals surface area (Å²) < 4.78 is 0. The number of aliphatic hydroxyl groups excluding tert-OH is 1. The summed E-state index contributed by atoms with van der Waals surface area (Å²) >= 11 is 1.37. The number of piperidine rings is 1. The molecule has 0 bridgehead atoms.